The van der Waals surface area contributed by atoms with Crippen LogP contribution in [0.25, 0.3) is 21.7 Å². The number of benzene rings is 3. The van der Waals surface area contributed by atoms with E-state index in [1.807, 2.05) is 30.3 Å². The van der Waals surface area contributed by atoms with Crippen molar-refractivity contribution in [2.45, 2.75) is 11.5 Å². The number of hydrogen-bond acceptors (Lipinski definition) is 7. The van der Waals surface area contributed by atoms with Crippen LogP contribution in [0.2, 0.25) is 0 Å². The SMILES string of the molecule is O=C(OCc1cc(=O)oc2ccc3ccccc3c12)c1cccc(S(=O)(=O)N2CCOCC2)c1. The summed E-state index contributed by atoms with van der Waals surface area (Å²) in [5.41, 5.74) is 0.461. The van der Waals surface area contributed by atoms with Gasteiger partial charge in [-0.05, 0) is 35.0 Å². The molecule has 0 spiro atoms. The second-order valence-electron chi connectivity index (χ2n) is 7.87. The molecule has 0 bridgehead atoms. The normalized spacial score (nSPS) is 14.9. The number of esters is 1. The van der Waals surface area contributed by atoms with Gasteiger partial charge in [-0.1, -0.05) is 36.4 Å². The van der Waals surface area contributed by atoms with Crippen molar-refractivity contribution in [3.8, 4) is 0 Å². The van der Waals surface area contributed by atoms with Crippen LogP contribution in [0.3, 0.4) is 0 Å². The van der Waals surface area contributed by atoms with Gasteiger partial charge in [0, 0.05) is 30.1 Å². The van der Waals surface area contributed by atoms with E-state index in [1.165, 1.54) is 34.6 Å². The number of hydrogen-bond donors (Lipinski definition) is 0. The van der Waals surface area contributed by atoms with Crippen LogP contribution in [0.4, 0.5) is 0 Å². The van der Waals surface area contributed by atoms with Crippen molar-refractivity contribution in [2.75, 3.05) is 26.3 Å². The molecule has 0 unspecified atom stereocenters. The third-order valence-electron chi connectivity index (χ3n) is 5.75. The van der Waals surface area contributed by atoms with Crippen molar-refractivity contribution in [1.29, 1.82) is 0 Å². The van der Waals surface area contributed by atoms with Crippen LogP contribution >= 0.6 is 0 Å². The third kappa shape index (κ3) is 4.21. The van der Waals surface area contributed by atoms with E-state index in [0.717, 1.165) is 10.8 Å². The summed E-state index contributed by atoms with van der Waals surface area (Å²) in [7, 11) is -3.75. The highest BCUT2D eigenvalue weighted by molar-refractivity contribution is 7.89. The lowest BCUT2D eigenvalue weighted by molar-refractivity contribution is 0.0473. The first-order valence-corrected chi connectivity index (χ1v) is 12.2. The molecule has 1 aromatic heterocycles. The van der Waals surface area contributed by atoms with Crippen LogP contribution in [0.15, 0.2) is 80.8 Å². The molecule has 1 fully saturated rings. The molecule has 0 atom stereocenters. The van der Waals surface area contributed by atoms with Gasteiger partial charge in [0.05, 0.1) is 23.7 Å². The quantitative estimate of drug-likeness (QED) is 0.246. The molecule has 5 rings (SSSR count). The Morgan fingerprint density at radius 2 is 1.76 bits per heavy atom. The van der Waals surface area contributed by atoms with Crippen LogP contribution in [0, 0.1) is 0 Å². The maximum atomic E-state index is 12.9. The minimum Gasteiger partial charge on any atom is -0.457 e. The van der Waals surface area contributed by atoms with Crippen LogP contribution in [-0.4, -0.2) is 45.0 Å². The lowest BCUT2D eigenvalue weighted by Crippen LogP contribution is -2.40. The number of morpholine rings is 1. The molecule has 1 aliphatic heterocycles. The Bertz CT molecular complexity index is 1550. The van der Waals surface area contributed by atoms with Crippen molar-refractivity contribution in [3.05, 3.63) is 88.3 Å². The second kappa shape index (κ2) is 9.02. The maximum absolute atomic E-state index is 12.9. The van der Waals surface area contributed by atoms with E-state index in [1.54, 1.807) is 6.07 Å². The Morgan fingerprint density at radius 3 is 2.59 bits per heavy atom. The van der Waals surface area contributed by atoms with E-state index >= 15 is 0 Å². The molecule has 4 aromatic rings. The standard InChI is InChI=1S/C25H21NO7S/c27-23-15-19(24-21-7-2-1-4-17(21)8-9-22(24)33-23)16-32-25(28)18-5-3-6-20(14-18)34(29,30)26-10-12-31-13-11-26/h1-9,14-15H,10-13,16H2. The number of nitrogens with zero attached hydrogens (tertiary/aromatic N) is 1. The zero-order valence-corrected chi connectivity index (χ0v) is 18.9. The van der Waals surface area contributed by atoms with E-state index in [9.17, 15) is 18.0 Å². The number of fused-ring (bicyclic) bond motifs is 3. The zero-order chi connectivity index (χ0) is 23.7. The fourth-order valence-electron chi connectivity index (χ4n) is 4.08. The van der Waals surface area contributed by atoms with Gasteiger partial charge in [0.25, 0.3) is 0 Å². The van der Waals surface area contributed by atoms with Gasteiger partial charge in [0.1, 0.15) is 12.2 Å². The molecule has 0 saturated carbocycles. The molecule has 9 heteroatoms. The third-order valence-corrected chi connectivity index (χ3v) is 7.65. The Kier molecular flexibility index (Phi) is 5.91. The number of carbonyl (C=O) groups excluding carboxylic acids is 1. The topological polar surface area (TPSA) is 103 Å². The first kappa shape index (κ1) is 22.3. The number of carbonyl (C=O) groups is 1. The molecule has 0 N–H and O–H groups in total. The fraction of sp³-hybridized carbons (Fsp3) is 0.200. The van der Waals surface area contributed by atoms with Gasteiger partial charge in [-0.2, -0.15) is 4.31 Å². The largest absolute Gasteiger partial charge is 0.457 e. The van der Waals surface area contributed by atoms with Gasteiger partial charge in [0.2, 0.25) is 10.0 Å². The van der Waals surface area contributed by atoms with Gasteiger partial charge < -0.3 is 13.9 Å². The molecule has 174 valence electrons. The van der Waals surface area contributed by atoms with Gasteiger partial charge >= 0.3 is 11.6 Å². The molecule has 1 aliphatic rings. The predicted molar refractivity (Wildman–Crippen MR) is 125 cm³/mol. The summed E-state index contributed by atoms with van der Waals surface area (Å²) in [4.78, 5) is 24.9. The predicted octanol–water partition coefficient (Wildman–Crippen LogP) is 3.32. The highest BCUT2D eigenvalue weighted by Crippen LogP contribution is 2.28. The average molecular weight is 480 g/mol. The van der Waals surface area contributed by atoms with Crippen LogP contribution in [-0.2, 0) is 26.1 Å². The second-order valence-corrected chi connectivity index (χ2v) is 9.81. The van der Waals surface area contributed by atoms with Crippen molar-refractivity contribution in [3.63, 3.8) is 0 Å². The molecule has 34 heavy (non-hydrogen) atoms. The highest BCUT2D eigenvalue weighted by Gasteiger charge is 2.27. The van der Waals surface area contributed by atoms with Crippen LogP contribution < -0.4 is 5.63 Å². The summed E-state index contributed by atoms with van der Waals surface area (Å²) in [6, 6.07) is 18.3. The first-order valence-electron chi connectivity index (χ1n) is 10.7. The maximum Gasteiger partial charge on any atom is 0.338 e. The Morgan fingerprint density at radius 1 is 0.971 bits per heavy atom. The summed E-state index contributed by atoms with van der Waals surface area (Å²) in [6.07, 6.45) is 0. The summed E-state index contributed by atoms with van der Waals surface area (Å²) in [5, 5.41) is 2.51. The average Bonchev–Trinajstić information content (AvgIpc) is 2.87. The summed E-state index contributed by atoms with van der Waals surface area (Å²) in [6.45, 7) is 1.00. The van der Waals surface area contributed by atoms with Crippen LogP contribution in [0.1, 0.15) is 15.9 Å². The first-order chi connectivity index (χ1) is 16.4. The number of ether oxygens (including phenoxy) is 2. The van der Waals surface area contributed by atoms with Gasteiger partial charge in [0.15, 0.2) is 0 Å². The van der Waals surface area contributed by atoms with Crippen molar-refractivity contribution in [1.82, 2.24) is 4.31 Å². The molecule has 0 aliphatic carbocycles. The lowest BCUT2D eigenvalue weighted by atomic mass is 10.0. The van der Waals surface area contributed by atoms with Gasteiger partial charge in [-0.15, -0.1) is 0 Å². The van der Waals surface area contributed by atoms with Crippen molar-refractivity contribution < 1.29 is 27.1 Å². The molecule has 8 nitrogen and oxygen atoms in total. The Labute approximate surface area is 195 Å². The minimum absolute atomic E-state index is 0.0145. The van der Waals surface area contributed by atoms with E-state index < -0.39 is 21.6 Å². The van der Waals surface area contributed by atoms with E-state index in [2.05, 4.69) is 0 Å². The van der Waals surface area contributed by atoms with E-state index in [4.69, 9.17) is 13.9 Å². The van der Waals surface area contributed by atoms with Gasteiger partial charge in [-0.25, -0.2) is 18.0 Å². The summed E-state index contributed by atoms with van der Waals surface area (Å²) >= 11 is 0. The molecule has 0 radical (unpaired) electrons. The fourth-order valence-corrected chi connectivity index (χ4v) is 5.53. The smallest absolute Gasteiger partial charge is 0.338 e. The Balaban J connectivity index is 1.43. The highest BCUT2D eigenvalue weighted by atomic mass is 32.2. The molecule has 2 heterocycles. The molecule has 0 amide bonds. The summed E-state index contributed by atoms with van der Waals surface area (Å²) in [5.74, 6) is -0.694. The van der Waals surface area contributed by atoms with Crippen molar-refractivity contribution in [2.24, 2.45) is 0 Å². The Hall–Kier alpha value is -3.53. The molecular formula is C25H21NO7S. The number of rotatable bonds is 5. The molecular weight excluding hydrogens is 458 g/mol. The van der Waals surface area contributed by atoms with Crippen molar-refractivity contribution >= 4 is 37.7 Å². The summed E-state index contributed by atoms with van der Waals surface area (Å²) < 4.78 is 43.2. The van der Waals surface area contributed by atoms with Crippen LogP contribution in [0.5, 0.6) is 0 Å². The number of sulfonamides is 1. The lowest BCUT2D eigenvalue weighted by Gasteiger charge is -2.26. The van der Waals surface area contributed by atoms with E-state index in [-0.39, 0.29) is 30.2 Å². The van der Waals surface area contributed by atoms with E-state index in [0.29, 0.717) is 29.7 Å². The zero-order valence-electron chi connectivity index (χ0n) is 18.1. The van der Waals surface area contributed by atoms with Gasteiger partial charge in [-0.3, -0.25) is 0 Å². The monoisotopic (exact) mass is 479 g/mol. The molecule has 3 aromatic carbocycles. The minimum atomic E-state index is -3.75. The molecule has 1 saturated heterocycles.